The van der Waals surface area contributed by atoms with Crippen molar-refractivity contribution < 1.29 is 18.8 Å². The topological polar surface area (TPSA) is 63.6 Å². The molecule has 1 N–H and O–H groups in total. The number of aliphatic hydroxyl groups is 1. The van der Waals surface area contributed by atoms with Crippen molar-refractivity contribution >= 4 is 16.8 Å². The number of ether oxygens (including phenoxy) is 1. The summed E-state index contributed by atoms with van der Waals surface area (Å²) >= 11 is 0. The zero-order valence-corrected chi connectivity index (χ0v) is 15.3. The van der Waals surface area contributed by atoms with Crippen molar-refractivity contribution in [3.05, 3.63) is 12.7 Å². The van der Waals surface area contributed by atoms with Crippen molar-refractivity contribution in [1.29, 1.82) is 0 Å². The molecule has 0 saturated carbocycles. The van der Waals surface area contributed by atoms with Gasteiger partial charge in [-0.2, -0.15) is 0 Å². The summed E-state index contributed by atoms with van der Waals surface area (Å²) in [6, 6.07) is 0. The molecule has 0 aromatic heterocycles. The number of carbonyl (C=O) groups excluding carboxylic acids is 1. The second kappa shape index (κ2) is 10.9. The summed E-state index contributed by atoms with van der Waals surface area (Å²) in [6.07, 6.45) is 6.97. The summed E-state index contributed by atoms with van der Waals surface area (Å²) in [5, 5.41) is 9.34. The van der Waals surface area contributed by atoms with Gasteiger partial charge in [0.15, 0.2) is 0 Å². The standard InChI is InChI=1S/C17H32O4S/c1-6-14(15(13-18)22(20)17(2,3)4)11-9-7-8-10-12-16(19)21-5/h6,14-15,18H,1,7-13H2,2-5H3/t14-,15-,22?/m1/s1. The number of unbranched alkanes of at least 4 members (excludes halogenated alkanes) is 3. The lowest BCUT2D eigenvalue weighted by Gasteiger charge is -2.29. The van der Waals surface area contributed by atoms with E-state index >= 15 is 0 Å². The van der Waals surface area contributed by atoms with E-state index in [0.29, 0.717) is 6.42 Å². The van der Waals surface area contributed by atoms with E-state index in [1.165, 1.54) is 7.11 Å². The van der Waals surface area contributed by atoms with Crippen LogP contribution < -0.4 is 0 Å². The first-order chi connectivity index (χ1) is 10.3. The van der Waals surface area contributed by atoms with Crippen LogP contribution >= 0.6 is 0 Å². The van der Waals surface area contributed by atoms with Gasteiger partial charge in [-0.05, 0) is 39.5 Å². The number of carbonyl (C=O) groups is 1. The van der Waals surface area contributed by atoms with Crippen molar-refractivity contribution in [2.75, 3.05) is 13.7 Å². The van der Waals surface area contributed by atoms with Crippen LogP contribution in [0.1, 0.15) is 59.3 Å². The van der Waals surface area contributed by atoms with Crippen LogP contribution in [-0.2, 0) is 20.3 Å². The van der Waals surface area contributed by atoms with E-state index < -0.39 is 10.8 Å². The molecule has 0 aromatic rings. The Morgan fingerprint density at radius 1 is 1.27 bits per heavy atom. The number of aliphatic hydroxyl groups excluding tert-OH is 1. The summed E-state index contributed by atoms with van der Waals surface area (Å²) in [4.78, 5) is 11.0. The van der Waals surface area contributed by atoms with Crippen LogP contribution in [0.5, 0.6) is 0 Å². The van der Waals surface area contributed by atoms with E-state index in [-0.39, 0.29) is 28.5 Å². The lowest BCUT2D eigenvalue weighted by atomic mass is 9.97. The summed E-state index contributed by atoms with van der Waals surface area (Å²) < 4.78 is 16.8. The molecule has 4 nitrogen and oxygen atoms in total. The monoisotopic (exact) mass is 332 g/mol. The van der Waals surface area contributed by atoms with E-state index in [4.69, 9.17) is 0 Å². The molecule has 0 spiro atoms. The van der Waals surface area contributed by atoms with Gasteiger partial charge in [0.1, 0.15) is 0 Å². The molecule has 0 fully saturated rings. The molecular formula is C17H32O4S. The van der Waals surface area contributed by atoms with Gasteiger partial charge in [-0.3, -0.25) is 9.00 Å². The molecular weight excluding hydrogens is 300 g/mol. The van der Waals surface area contributed by atoms with Crippen LogP contribution in [0.3, 0.4) is 0 Å². The van der Waals surface area contributed by atoms with Crippen LogP contribution in [0.4, 0.5) is 0 Å². The van der Waals surface area contributed by atoms with E-state index in [1.54, 1.807) is 0 Å². The van der Waals surface area contributed by atoms with Gasteiger partial charge in [0.2, 0.25) is 0 Å². The summed E-state index contributed by atoms with van der Waals surface area (Å²) in [7, 11) is 0.300. The normalized spacial score (nSPS) is 15.9. The molecule has 22 heavy (non-hydrogen) atoms. The summed E-state index contributed by atoms with van der Waals surface area (Å²) in [5.41, 5.74) is 0. The highest BCUT2D eigenvalue weighted by Crippen LogP contribution is 2.25. The molecule has 0 radical (unpaired) electrons. The first-order valence-electron chi connectivity index (χ1n) is 7.98. The zero-order valence-electron chi connectivity index (χ0n) is 14.5. The van der Waals surface area contributed by atoms with Crippen molar-refractivity contribution in [2.24, 2.45) is 5.92 Å². The Morgan fingerprint density at radius 3 is 2.32 bits per heavy atom. The maximum Gasteiger partial charge on any atom is 0.305 e. The number of esters is 1. The first-order valence-corrected chi connectivity index (χ1v) is 9.20. The molecule has 0 saturated heterocycles. The largest absolute Gasteiger partial charge is 0.469 e. The molecule has 0 aromatic carbocycles. The van der Waals surface area contributed by atoms with Crippen LogP contribution in [0.15, 0.2) is 12.7 Å². The molecule has 0 bridgehead atoms. The smallest absolute Gasteiger partial charge is 0.305 e. The molecule has 3 atom stereocenters. The van der Waals surface area contributed by atoms with Gasteiger partial charge in [-0.25, -0.2) is 0 Å². The fraction of sp³-hybridized carbons (Fsp3) is 0.824. The van der Waals surface area contributed by atoms with Gasteiger partial charge in [0.25, 0.3) is 0 Å². The molecule has 0 rings (SSSR count). The highest BCUT2D eigenvalue weighted by atomic mass is 32.2. The predicted molar refractivity (Wildman–Crippen MR) is 92.2 cm³/mol. The second-order valence-corrected chi connectivity index (χ2v) is 8.98. The molecule has 0 heterocycles. The number of hydrogen-bond donors (Lipinski definition) is 1. The molecule has 0 aliphatic heterocycles. The third-order valence-electron chi connectivity index (χ3n) is 3.73. The minimum absolute atomic E-state index is 0.0608. The van der Waals surface area contributed by atoms with Crippen molar-refractivity contribution in [3.63, 3.8) is 0 Å². The van der Waals surface area contributed by atoms with E-state index in [2.05, 4.69) is 11.3 Å². The Morgan fingerprint density at radius 2 is 1.86 bits per heavy atom. The molecule has 0 amide bonds. The van der Waals surface area contributed by atoms with Gasteiger partial charge in [0.05, 0.1) is 19.0 Å². The molecule has 5 heteroatoms. The third kappa shape index (κ3) is 8.08. The van der Waals surface area contributed by atoms with Crippen LogP contribution in [0.2, 0.25) is 0 Å². The highest BCUT2D eigenvalue weighted by Gasteiger charge is 2.31. The lowest BCUT2D eigenvalue weighted by molar-refractivity contribution is -0.140. The third-order valence-corrected chi connectivity index (χ3v) is 5.99. The summed E-state index contributed by atoms with van der Waals surface area (Å²) in [5.74, 6) is -0.101. The average molecular weight is 333 g/mol. The number of methoxy groups -OCH3 is 1. The molecule has 1 unspecified atom stereocenters. The quantitative estimate of drug-likeness (QED) is 0.358. The van der Waals surface area contributed by atoms with E-state index in [0.717, 1.165) is 32.1 Å². The minimum atomic E-state index is -1.10. The number of allylic oxidation sites excluding steroid dienone is 1. The summed E-state index contributed by atoms with van der Waals surface area (Å²) in [6.45, 7) is 9.54. The highest BCUT2D eigenvalue weighted by molar-refractivity contribution is 7.87. The van der Waals surface area contributed by atoms with Crippen LogP contribution in [0, 0.1) is 5.92 Å². The van der Waals surface area contributed by atoms with Crippen LogP contribution in [-0.4, -0.2) is 39.0 Å². The van der Waals surface area contributed by atoms with Crippen molar-refractivity contribution in [1.82, 2.24) is 0 Å². The van der Waals surface area contributed by atoms with E-state index in [1.807, 2.05) is 26.8 Å². The zero-order chi connectivity index (χ0) is 17.2. The fourth-order valence-corrected chi connectivity index (χ4v) is 3.98. The second-order valence-electron chi connectivity index (χ2n) is 6.56. The minimum Gasteiger partial charge on any atom is -0.469 e. The van der Waals surface area contributed by atoms with Gasteiger partial charge in [0, 0.05) is 22.0 Å². The number of hydrogen-bond acceptors (Lipinski definition) is 4. The van der Waals surface area contributed by atoms with Crippen LogP contribution in [0.25, 0.3) is 0 Å². The van der Waals surface area contributed by atoms with Crippen molar-refractivity contribution in [3.8, 4) is 0 Å². The van der Waals surface area contributed by atoms with Gasteiger partial charge in [-0.1, -0.05) is 25.3 Å². The van der Waals surface area contributed by atoms with Gasteiger partial charge >= 0.3 is 5.97 Å². The molecule has 0 aliphatic carbocycles. The SMILES string of the molecule is C=C[C@H](CCCCCCC(=O)OC)[C@@H](CO)S(=O)C(C)(C)C. The lowest BCUT2D eigenvalue weighted by Crippen LogP contribution is -2.38. The van der Waals surface area contributed by atoms with Gasteiger partial charge < -0.3 is 9.84 Å². The predicted octanol–water partition coefficient (Wildman–Crippen LogP) is 3.21. The Kier molecular flexibility index (Phi) is 10.6. The molecule has 130 valence electrons. The Bertz CT molecular complexity index is 360. The maximum atomic E-state index is 12.5. The van der Waals surface area contributed by atoms with Crippen molar-refractivity contribution in [2.45, 2.75) is 69.3 Å². The first kappa shape index (κ1) is 21.3. The van der Waals surface area contributed by atoms with E-state index in [9.17, 15) is 14.1 Å². The molecule has 0 aliphatic rings. The maximum absolute atomic E-state index is 12.5. The number of rotatable bonds is 11. The Balaban J connectivity index is 4.22. The van der Waals surface area contributed by atoms with Gasteiger partial charge in [-0.15, -0.1) is 6.58 Å². The fourth-order valence-electron chi connectivity index (χ4n) is 2.38. The average Bonchev–Trinajstić information content (AvgIpc) is 2.47. The Labute approximate surface area is 137 Å². The Hall–Kier alpha value is -0.680.